The van der Waals surface area contributed by atoms with Crippen molar-refractivity contribution < 1.29 is 19.1 Å². The Morgan fingerprint density at radius 3 is 2.48 bits per heavy atom. The molecule has 0 aliphatic carbocycles. The van der Waals surface area contributed by atoms with Crippen molar-refractivity contribution in [3.05, 3.63) is 60.2 Å². The smallest absolute Gasteiger partial charge is 0.260 e. The minimum atomic E-state index is -0.391. The number of carbonyl (C=O) groups excluding carboxylic acids is 2. The zero-order valence-electron chi connectivity index (χ0n) is 16.7. The molecule has 2 saturated heterocycles. The summed E-state index contributed by atoms with van der Waals surface area (Å²) in [6.07, 6.45) is 1.42. The molecule has 2 aliphatic heterocycles. The second kappa shape index (κ2) is 8.25. The van der Waals surface area contributed by atoms with E-state index in [4.69, 9.17) is 9.47 Å². The number of anilines is 1. The second-order valence-corrected chi connectivity index (χ2v) is 7.72. The van der Waals surface area contributed by atoms with E-state index in [0.29, 0.717) is 32.5 Å². The lowest BCUT2D eigenvalue weighted by Crippen LogP contribution is -2.59. The number of morpholine rings is 1. The molecule has 6 heteroatoms. The fourth-order valence-electron chi connectivity index (χ4n) is 3.97. The van der Waals surface area contributed by atoms with Crippen LogP contribution < -0.4 is 9.64 Å². The van der Waals surface area contributed by atoms with Gasteiger partial charge in [-0.3, -0.25) is 9.59 Å². The van der Waals surface area contributed by atoms with Gasteiger partial charge in [0.1, 0.15) is 12.4 Å². The highest BCUT2D eigenvalue weighted by Crippen LogP contribution is 2.32. The number of para-hydroxylation sites is 2. The predicted octanol–water partition coefficient (Wildman–Crippen LogP) is 2.80. The fourth-order valence-corrected chi connectivity index (χ4v) is 3.97. The molecule has 6 nitrogen and oxygen atoms in total. The predicted molar refractivity (Wildman–Crippen MR) is 110 cm³/mol. The van der Waals surface area contributed by atoms with Crippen molar-refractivity contribution in [2.24, 2.45) is 0 Å². The van der Waals surface area contributed by atoms with E-state index in [1.54, 1.807) is 0 Å². The summed E-state index contributed by atoms with van der Waals surface area (Å²) in [5.41, 5.74) is 1.52. The molecule has 0 atom stereocenters. The summed E-state index contributed by atoms with van der Waals surface area (Å²) in [6.45, 7) is 3.81. The highest BCUT2D eigenvalue weighted by Gasteiger charge is 2.43. The lowest BCUT2D eigenvalue weighted by Gasteiger charge is -2.46. The van der Waals surface area contributed by atoms with Crippen molar-refractivity contribution in [1.82, 2.24) is 4.90 Å². The quantitative estimate of drug-likeness (QED) is 0.800. The van der Waals surface area contributed by atoms with E-state index in [9.17, 15) is 9.59 Å². The van der Waals surface area contributed by atoms with E-state index in [1.165, 1.54) is 0 Å². The molecule has 2 aromatic carbocycles. The first-order valence-corrected chi connectivity index (χ1v) is 10.0. The highest BCUT2D eigenvalue weighted by atomic mass is 16.5. The number of ether oxygens (including phenoxy) is 2. The van der Waals surface area contributed by atoms with Gasteiger partial charge in [0.2, 0.25) is 0 Å². The molecule has 0 N–H and O–H groups in total. The molecule has 2 amide bonds. The first-order chi connectivity index (χ1) is 14.1. The van der Waals surface area contributed by atoms with Gasteiger partial charge in [-0.05, 0) is 43.5 Å². The van der Waals surface area contributed by atoms with Gasteiger partial charge in [0.25, 0.3) is 11.8 Å². The molecule has 2 heterocycles. The van der Waals surface area contributed by atoms with Crippen molar-refractivity contribution in [3.63, 3.8) is 0 Å². The van der Waals surface area contributed by atoms with Crippen LogP contribution in [0, 0.1) is 6.92 Å². The minimum Gasteiger partial charge on any atom is -0.484 e. The van der Waals surface area contributed by atoms with Crippen LogP contribution in [0.3, 0.4) is 0 Å². The van der Waals surface area contributed by atoms with E-state index in [2.05, 4.69) is 0 Å². The number of carbonyl (C=O) groups is 2. The summed E-state index contributed by atoms with van der Waals surface area (Å²) in [5, 5.41) is 0. The number of likely N-dealkylation sites (tertiary alicyclic amines) is 1. The molecule has 1 spiro atoms. The average molecular weight is 394 g/mol. The standard InChI is InChI=1S/C23H26N2O4/c1-18-7-5-6-10-20(18)28-15-21(26)24-13-11-23(12-14-24)17-25(22(27)16-29-23)19-8-3-2-4-9-19/h2-10H,11-17H2,1H3. The van der Waals surface area contributed by atoms with Crippen molar-refractivity contribution in [2.45, 2.75) is 25.4 Å². The first kappa shape index (κ1) is 19.5. The largest absolute Gasteiger partial charge is 0.484 e. The summed E-state index contributed by atoms with van der Waals surface area (Å²) in [7, 11) is 0. The minimum absolute atomic E-state index is 0.0186. The fraction of sp³-hybridized carbons (Fsp3) is 0.391. The van der Waals surface area contributed by atoms with Crippen LogP contribution in [0.1, 0.15) is 18.4 Å². The molecular weight excluding hydrogens is 368 g/mol. The van der Waals surface area contributed by atoms with Gasteiger partial charge in [-0.25, -0.2) is 0 Å². The van der Waals surface area contributed by atoms with Crippen LogP contribution in [0.2, 0.25) is 0 Å². The van der Waals surface area contributed by atoms with Crippen LogP contribution in [0.4, 0.5) is 5.69 Å². The number of piperidine rings is 1. The van der Waals surface area contributed by atoms with Crippen LogP contribution in [0.25, 0.3) is 0 Å². The number of hydrogen-bond donors (Lipinski definition) is 0. The second-order valence-electron chi connectivity index (χ2n) is 7.72. The van der Waals surface area contributed by atoms with Gasteiger partial charge in [-0.15, -0.1) is 0 Å². The maximum absolute atomic E-state index is 12.6. The topological polar surface area (TPSA) is 59.1 Å². The Kier molecular flexibility index (Phi) is 5.53. The normalized spacial score (nSPS) is 18.7. The maximum atomic E-state index is 12.6. The van der Waals surface area contributed by atoms with Gasteiger partial charge < -0.3 is 19.3 Å². The van der Waals surface area contributed by atoms with Gasteiger partial charge in [0.05, 0.1) is 12.1 Å². The number of hydrogen-bond acceptors (Lipinski definition) is 4. The molecule has 29 heavy (non-hydrogen) atoms. The summed E-state index contributed by atoms with van der Waals surface area (Å²) < 4.78 is 11.7. The third-order valence-corrected chi connectivity index (χ3v) is 5.79. The van der Waals surface area contributed by atoms with E-state index < -0.39 is 5.60 Å². The molecule has 0 unspecified atom stereocenters. The van der Waals surface area contributed by atoms with Crippen LogP contribution in [0.5, 0.6) is 5.75 Å². The lowest BCUT2D eigenvalue weighted by molar-refractivity contribution is -0.151. The van der Waals surface area contributed by atoms with Crippen LogP contribution in [-0.4, -0.2) is 55.2 Å². The van der Waals surface area contributed by atoms with Gasteiger partial charge in [0.15, 0.2) is 6.61 Å². The zero-order valence-corrected chi connectivity index (χ0v) is 16.7. The van der Waals surface area contributed by atoms with Crippen LogP contribution >= 0.6 is 0 Å². The summed E-state index contributed by atoms with van der Waals surface area (Å²) in [4.78, 5) is 28.6. The van der Waals surface area contributed by atoms with E-state index in [0.717, 1.165) is 17.0 Å². The number of benzene rings is 2. The molecule has 2 fully saturated rings. The highest BCUT2D eigenvalue weighted by molar-refractivity contribution is 5.95. The van der Waals surface area contributed by atoms with Crippen molar-refractivity contribution >= 4 is 17.5 Å². The van der Waals surface area contributed by atoms with Crippen molar-refractivity contribution in [1.29, 1.82) is 0 Å². The SMILES string of the molecule is Cc1ccccc1OCC(=O)N1CCC2(CC1)CN(c1ccccc1)C(=O)CO2. The molecule has 0 saturated carbocycles. The Morgan fingerprint density at radius 1 is 1.07 bits per heavy atom. The number of amides is 2. The Balaban J connectivity index is 1.34. The Labute approximate surface area is 171 Å². The monoisotopic (exact) mass is 394 g/mol. The molecule has 4 rings (SSSR count). The van der Waals surface area contributed by atoms with Crippen LogP contribution in [-0.2, 0) is 14.3 Å². The summed E-state index contributed by atoms with van der Waals surface area (Å²) >= 11 is 0. The Morgan fingerprint density at radius 2 is 1.76 bits per heavy atom. The molecule has 2 aromatic rings. The number of nitrogens with zero attached hydrogens (tertiary/aromatic N) is 2. The van der Waals surface area contributed by atoms with Gasteiger partial charge in [-0.1, -0.05) is 36.4 Å². The molecule has 2 aliphatic rings. The average Bonchev–Trinajstić information content (AvgIpc) is 2.76. The first-order valence-electron chi connectivity index (χ1n) is 10.0. The number of aryl methyl sites for hydroxylation is 1. The van der Waals surface area contributed by atoms with Crippen molar-refractivity contribution in [2.75, 3.05) is 37.7 Å². The zero-order chi connectivity index (χ0) is 20.3. The third-order valence-electron chi connectivity index (χ3n) is 5.79. The Bertz CT molecular complexity index is 875. The molecule has 0 radical (unpaired) electrons. The van der Waals surface area contributed by atoms with Gasteiger partial charge in [0, 0.05) is 18.8 Å². The summed E-state index contributed by atoms with van der Waals surface area (Å²) in [5.74, 6) is 0.698. The molecular formula is C23H26N2O4. The number of rotatable bonds is 4. The van der Waals surface area contributed by atoms with Crippen LogP contribution in [0.15, 0.2) is 54.6 Å². The maximum Gasteiger partial charge on any atom is 0.260 e. The summed E-state index contributed by atoms with van der Waals surface area (Å²) in [6, 6.07) is 17.4. The molecule has 0 bridgehead atoms. The van der Waals surface area contributed by atoms with Crippen molar-refractivity contribution in [3.8, 4) is 5.75 Å². The van der Waals surface area contributed by atoms with E-state index in [1.807, 2.05) is 71.3 Å². The van der Waals surface area contributed by atoms with Gasteiger partial charge >= 0.3 is 0 Å². The Hall–Kier alpha value is -2.86. The lowest BCUT2D eigenvalue weighted by atomic mass is 9.89. The van der Waals surface area contributed by atoms with E-state index in [-0.39, 0.29) is 25.0 Å². The third kappa shape index (κ3) is 4.27. The molecule has 0 aromatic heterocycles. The molecule has 152 valence electrons. The van der Waals surface area contributed by atoms with E-state index >= 15 is 0 Å². The van der Waals surface area contributed by atoms with Gasteiger partial charge in [-0.2, -0.15) is 0 Å².